The molecule has 0 bridgehead atoms. The van der Waals surface area contributed by atoms with Crippen LogP contribution in [0.1, 0.15) is 44.3 Å². The van der Waals surface area contributed by atoms with Gasteiger partial charge in [0.15, 0.2) is 0 Å². The topological polar surface area (TPSA) is 79.1 Å². The Bertz CT molecular complexity index is 453. The van der Waals surface area contributed by atoms with E-state index in [2.05, 4.69) is 32.5 Å². The quantitative estimate of drug-likeness (QED) is 0.540. The van der Waals surface area contributed by atoms with Crippen LogP contribution in [0.4, 0.5) is 11.6 Å². The highest BCUT2D eigenvalue weighted by Gasteiger charge is 2.27. The molecule has 1 aliphatic carbocycles. The molecule has 110 valence electrons. The molecule has 1 atom stereocenters. The normalized spacial score (nSPS) is 20.9. The first-order valence-corrected chi connectivity index (χ1v) is 7.59. The van der Waals surface area contributed by atoms with Gasteiger partial charge < -0.3 is 15.6 Å². The summed E-state index contributed by atoms with van der Waals surface area (Å²) in [6.07, 6.45) is 5.04. The lowest BCUT2D eigenvalue weighted by Gasteiger charge is -2.22. The summed E-state index contributed by atoms with van der Waals surface area (Å²) in [5.74, 6) is 8.50. The van der Waals surface area contributed by atoms with E-state index in [1.807, 2.05) is 6.07 Å². The van der Waals surface area contributed by atoms with Gasteiger partial charge in [0.25, 0.3) is 0 Å². The van der Waals surface area contributed by atoms with Crippen LogP contribution in [0.25, 0.3) is 0 Å². The van der Waals surface area contributed by atoms with E-state index in [1.54, 1.807) is 0 Å². The van der Waals surface area contributed by atoms with E-state index in [0.717, 1.165) is 18.2 Å². The van der Waals surface area contributed by atoms with Crippen LogP contribution in [0, 0.1) is 0 Å². The van der Waals surface area contributed by atoms with Crippen molar-refractivity contribution < 1.29 is 0 Å². The highest BCUT2D eigenvalue weighted by Crippen LogP contribution is 2.38. The molecular weight excluding hydrogens is 252 g/mol. The van der Waals surface area contributed by atoms with Crippen molar-refractivity contribution >= 4 is 11.6 Å². The first-order valence-electron chi connectivity index (χ1n) is 7.59. The highest BCUT2D eigenvalue weighted by molar-refractivity contribution is 5.48. The predicted octanol–water partition coefficient (Wildman–Crippen LogP) is 1.54. The van der Waals surface area contributed by atoms with Crippen molar-refractivity contribution in [2.24, 2.45) is 5.84 Å². The molecule has 4 N–H and O–H groups in total. The van der Waals surface area contributed by atoms with Crippen LogP contribution in [0.2, 0.25) is 0 Å². The minimum atomic E-state index is 0.376. The molecule has 0 amide bonds. The van der Waals surface area contributed by atoms with Crippen molar-refractivity contribution in [1.29, 1.82) is 0 Å². The number of hydrazine groups is 1. The van der Waals surface area contributed by atoms with Crippen LogP contribution in [-0.4, -0.2) is 40.5 Å². The predicted molar refractivity (Wildman–Crippen MR) is 80.6 cm³/mol. The van der Waals surface area contributed by atoms with E-state index < -0.39 is 0 Å². The number of nitrogen functional groups attached to an aromatic ring is 1. The lowest BCUT2D eigenvalue weighted by atomic mass is 10.3. The van der Waals surface area contributed by atoms with E-state index in [1.165, 1.54) is 38.8 Å². The molecular formula is C14H24N6. The molecule has 0 spiro atoms. The number of hydrogen-bond donors (Lipinski definition) is 3. The van der Waals surface area contributed by atoms with Gasteiger partial charge in [0.2, 0.25) is 0 Å². The van der Waals surface area contributed by atoms with Gasteiger partial charge in [-0.3, -0.25) is 0 Å². The van der Waals surface area contributed by atoms with E-state index in [0.29, 0.717) is 17.8 Å². The van der Waals surface area contributed by atoms with Gasteiger partial charge in [-0.25, -0.2) is 15.8 Å². The Labute approximate surface area is 120 Å². The third kappa shape index (κ3) is 3.37. The number of aromatic nitrogens is 2. The Morgan fingerprint density at radius 1 is 1.30 bits per heavy atom. The van der Waals surface area contributed by atoms with Crippen LogP contribution >= 0.6 is 0 Å². The molecule has 1 aliphatic heterocycles. The molecule has 0 radical (unpaired) electrons. The summed E-state index contributed by atoms with van der Waals surface area (Å²) in [7, 11) is 0. The molecule has 1 saturated carbocycles. The van der Waals surface area contributed by atoms with Gasteiger partial charge in [0.05, 0.1) is 0 Å². The Kier molecular flexibility index (Phi) is 4.03. The first-order chi connectivity index (χ1) is 9.74. The Morgan fingerprint density at radius 2 is 2.00 bits per heavy atom. The summed E-state index contributed by atoms with van der Waals surface area (Å²) in [6, 6.07) is 2.26. The number of rotatable bonds is 6. The average molecular weight is 276 g/mol. The first kappa shape index (κ1) is 13.6. The fourth-order valence-corrected chi connectivity index (χ4v) is 2.79. The largest absolute Gasteiger partial charge is 0.366 e. The van der Waals surface area contributed by atoms with E-state index in [9.17, 15) is 0 Å². The minimum Gasteiger partial charge on any atom is -0.366 e. The summed E-state index contributed by atoms with van der Waals surface area (Å²) in [6.45, 7) is 5.71. The maximum absolute atomic E-state index is 5.49. The zero-order valence-electron chi connectivity index (χ0n) is 12.1. The van der Waals surface area contributed by atoms with Crippen molar-refractivity contribution in [3.63, 3.8) is 0 Å². The minimum absolute atomic E-state index is 0.376. The number of nitrogens with one attached hydrogen (secondary N) is 2. The van der Waals surface area contributed by atoms with Gasteiger partial charge in [0, 0.05) is 24.6 Å². The summed E-state index contributed by atoms with van der Waals surface area (Å²) in [4.78, 5) is 11.6. The fraction of sp³-hybridized carbons (Fsp3) is 0.714. The van der Waals surface area contributed by atoms with Crippen LogP contribution in [0.3, 0.4) is 0 Å². The molecule has 20 heavy (non-hydrogen) atoms. The second-order valence-corrected chi connectivity index (χ2v) is 5.97. The molecule has 6 nitrogen and oxygen atoms in total. The summed E-state index contributed by atoms with van der Waals surface area (Å²) in [5, 5.41) is 3.48. The molecule has 1 aromatic heterocycles. The zero-order valence-corrected chi connectivity index (χ0v) is 12.1. The Balaban J connectivity index is 1.64. The van der Waals surface area contributed by atoms with Crippen molar-refractivity contribution in [1.82, 2.24) is 14.9 Å². The van der Waals surface area contributed by atoms with Crippen LogP contribution < -0.4 is 16.6 Å². The van der Waals surface area contributed by atoms with E-state index >= 15 is 0 Å². The molecule has 1 unspecified atom stereocenters. The zero-order chi connectivity index (χ0) is 13.9. The number of likely N-dealkylation sites (tertiary alicyclic amines) is 1. The Hall–Kier alpha value is -1.40. The SMILES string of the molecule is CC(CN1CCCC1)Nc1cc(NN)nc(C2CC2)n1. The third-order valence-corrected chi connectivity index (χ3v) is 3.96. The van der Waals surface area contributed by atoms with Gasteiger partial charge >= 0.3 is 0 Å². The number of anilines is 2. The van der Waals surface area contributed by atoms with Gasteiger partial charge in [-0.2, -0.15) is 0 Å². The molecule has 2 fully saturated rings. The maximum Gasteiger partial charge on any atom is 0.145 e. The van der Waals surface area contributed by atoms with Crippen molar-refractivity contribution in [3.05, 3.63) is 11.9 Å². The van der Waals surface area contributed by atoms with E-state index in [-0.39, 0.29) is 0 Å². The fourth-order valence-electron chi connectivity index (χ4n) is 2.79. The third-order valence-electron chi connectivity index (χ3n) is 3.96. The number of hydrogen-bond acceptors (Lipinski definition) is 6. The second kappa shape index (κ2) is 5.93. The van der Waals surface area contributed by atoms with Crippen LogP contribution in [0.5, 0.6) is 0 Å². The molecule has 6 heteroatoms. The second-order valence-electron chi connectivity index (χ2n) is 5.97. The summed E-state index contributed by atoms with van der Waals surface area (Å²) < 4.78 is 0. The molecule has 1 saturated heterocycles. The van der Waals surface area contributed by atoms with Gasteiger partial charge in [0.1, 0.15) is 17.5 Å². The van der Waals surface area contributed by atoms with Crippen molar-refractivity contribution in [2.45, 2.75) is 44.6 Å². The van der Waals surface area contributed by atoms with Crippen molar-refractivity contribution in [2.75, 3.05) is 30.4 Å². The number of nitrogens with two attached hydrogens (primary N) is 1. The standard InChI is InChI=1S/C14H24N6/c1-10(9-20-6-2-3-7-20)16-12-8-13(19-15)18-14(17-12)11-4-5-11/h8,10-11H,2-7,9,15H2,1H3,(H2,16,17,18,19). The van der Waals surface area contributed by atoms with Gasteiger partial charge in [-0.15, -0.1) is 0 Å². The lowest BCUT2D eigenvalue weighted by molar-refractivity contribution is 0.327. The molecule has 2 aliphatic rings. The van der Waals surface area contributed by atoms with Crippen LogP contribution in [0.15, 0.2) is 6.07 Å². The molecule has 3 rings (SSSR count). The number of nitrogens with zero attached hydrogens (tertiary/aromatic N) is 3. The molecule has 2 heterocycles. The summed E-state index contributed by atoms with van der Waals surface area (Å²) >= 11 is 0. The monoisotopic (exact) mass is 276 g/mol. The Morgan fingerprint density at radius 3 is 2.65 bits per heavy atom. The van der Waals surface area contributed by atoms with Crippen molar-refractivity contribution in [3.8, 4) is 0 Å². The molecule has 1 aromatic rings. The van der Waals surface area contributed by atoms with Gasteiger partial charge in [-0.05, 0) is 45.7 Å². The molecule has 0 aromatic carbocycles. The summed E-state index contributed by atoms with van der Waals surface area (Å²) in [5.41, 5.74) is 2.64. The van der Waals surface area contributed by atoms with E-state index in [4.69, 9.17) is 5.84 Å². The van der Waals surface area contributed by atoms with Crippen LogP contribution in [-0.2, 0) is 0 Å². The van der Waals surface area contributed by atoms with Gasteiger partial charge in [-0.1, -0.05) is 0 Å². The maximum atomic E-state index is 5.49. The highest BCUT2D eigenvalue weighted by atomic mass is 15.3. The lowest BCUT2D eigenvalue weighted by Crippen LogP contribution is -2.33. The smallest absolute Gasteiger partial charge is 0.145 e. The average Bonchev–Trinajstić information content (AvgIpc) is 3.17.